The number of rotatable bonds is 6. The Morgan fingerprint density at radius 1 is 1.20 bits per heavy atom. The molecule has 0 saturated carbocycles. The zero-order valence-corrected chi connectivity index (χ0v) is 14.7. The van der Waals surface area contributed by atoms with E-state index in [1.165, 1.54) is 31.5 Å². The summed E-state index contributed by atoms with van der Waals surface area (Å²) >= 11 is 0. The van der Waals surface area contributed by atoms with Gasteiger partial charge in [-0.1, -0.05) is 26.0 Å². The Bertz CT molecular complexity index is 923. The first-order valence-corrected chi connectivity index (χ1v) is 8.88. The number of esters is 1. The molecule has 0 radical (unpaired) electrons. The molecule has 0 fully saturated rings. The van der Waals surface area contributed by atoms with Crippen LogP contribution in [-0.2, 0) is 19.6 Å². The van der Waals surface area contributed by atoms with Gasteiger partial charge < -0.3 is 9.84 Å². The molecule has 2 N–H and O–H groups in total. The Balaban J connectivity index is 2.61. The van der Waals surface area contributed by atoms with E-state index >= 15 is 0 Å². The zero-order chi connectivity index (χ0) is 18.8. The molecule has 0 aliphatic rings. The van der Waals surface area contributed by atoms with Gasteiger partial charge in [-0.3, -0.25) is 4.79 Å². The number of sulfonamides is 1. The highest BCUT2D eigenvalue weighted by Gasteiger charge is 2.29. The van der Waals surface area contributed by atoms with Gasteiger partial charge in [-0.2, -0.15) is 4.72 Å². The van der Waals surface area contributed by atoms with Gasteiger partial charge in [0.15, 0.2) is 5.69 Å². The van der Waals surface area contributed by atoms with E-state index in [4.69, 9.17) is 0 Å². The average Bonchev–Trinajstić information content (AvgIpc) is 2.57. The summed E-state index contributed by atoms with van der Waals surface area (Å²) < 4.78 is 32.3. The Labute approximate surface area is 144 Å². The fourth-order valence-electron chi connectivity index (χ4n) is 2.37. The molecule has 1 aromatic carbocycles. The number of carbonyl (C=O) groups excluding carboxylic acids is 1. The standard InChI is InChI=1S/C16H18N2O6S/c1-9(2)13(15(19)20)18-25(22,23)12-6-4-5-11-10(12)7-8-17-14(11)16(21)24-3/h4-9,13,18H,1-3H3,(H,19,20)/t13-/m1/s1. The molecule has 2 rings (SSSR count). The van der Waals surface area contributed by atoms with Crippen molar-refractivity contribution in [3.63, 3.8) is 0 Å². The maximum absolute atomic E-state index is 12.7. The number of benzene rings is 1. The number of aromatic nitrogens is 1. The van der Waals surface area contributed by atoms with Gasteiger partial charge in [0.1, 0.15) is 6.04 Å². The van der Waals surface area contributed by atoms with Gasteiger partial charge in [0, 0.05) is 17.0 Å². The van der Waals surface area contributed by atoms with Gasteiger partial charge in [0.25, 0.3) is 0 Å². The minimum absolute atomic E-state index is 0.0179. The lowest BCUT2D eigenvalue weighted by Crippen LogP contribution is -2.44. The van der Waals surface area contributed by atoms with Crippen molar-refractivity contribution in [3.8, 4) is 0 Å². The van der Waals surface area contributed by atoms with Crippen molar-refractivity contribution in [2.45, 2.75) is 24.8 Å². The lowest BCUT2D eigenvalue weighted by atomic mass is 10.1. The zero-order valence-electron chi connectivity index (χ0n) is 13.9. The van der Waals surface area contributed by atoms with E-state index in [0.717, 1.165) is 0 Å². The van der Waals surface area contributed by atoms with Crippen LogP contribution in [0.15, 0.2) is 35.4 Å². The smallest absolute Gasteiger partial charge is 0.357 e. The second-order valence-corrected chi connectivity index (χ2v) is 7.37. The fraction of sp³-hybridized carbons (Fsp3) is 0.312. The number of carboxylic acid groups (broad SMARTS) is 1. The SMILES string of the molecule is COC(=O)c1nccc2c(S(=O)(=O)N[C@@H](C(=O)O)C(C)C)cccc12. The van der Waals surface area contributed by atoms with Crippen molar-refractivity contribution in [3.05, 3.63) is 36.2 Å². The topological polar surface area (TPSA) is 123 Å². The first kappa shape index (κ1) is 18.8. The highest BCUT2D eigenvalue weighted by Crippen LogP contribution is 2.25. The third-order valence-electron chi connectivity index (χ3n) is 3.65. The van der Waals surface area contributed by atoms with Gasteiger partial charge in [-0.25, -0.2) is 18.2 Å². The number of hydrogen-bond acceptors (Lipinski definition) is 6. The first-order chi connectivity index (χ1) is 11.7. The van der Waals surface area contributed by atoms with Crippen LogP contribution in [0.25, 0.3) is 10.8 Å². The summed E-state index contributed by atoms with van der Waals surface area (Å²) in [7, 11) is -2.94. The molecule has 0 aliphatic carbocycles. The van der Waals surface area contributed by atoms with Crippen LogP contribution in [0, 0.1) is 5.92 Å². The van der Waals surface area contributed by atoms with Gasteiger partial charge in [-0.15, -0.1) is 0 Å². The number of aliphatic carboxylic acids is 1. The molecule has 0 aliphatic heterocycles. The van der Waals surface area contributed by atoms with Crippen molar-refractivity contribution in [1.82, 2.24) is 9.71 Å². The number of carboxylic acids is 1. The quantitative estimate of drug-likeness (QED) is 0.741. The van der Waals surface area contributed by atoms with Crippen LogP contribution >= 0.6 is 0 Å². The summed E-state index contributed by atoms with van der Waals surface area (Å²) in [5.41, 5.74) is -0.0179. The van der Waals surface area contributed by atoms with Crippen LogP contribution in [0.2, 0.25) is 0 Å². The minimum atomic E-state index is -4.14. The summed E-state index contributed by atoms with van der Waals surface area (Å²) in [6.45, 7) is 3.20. The number of nitrogens with zero attached hydrogens (tertiary/aromatic N) is 1. The molecule has 0 bridgehead atoms. The molecular formula is C16H18N2O6S. The maximum atomic E-state index is 12.7. The van der Waals surface area contributed by atoms with Crippen LogP contribution in [-0.4, -0.2) is 43.6 Å². The van der Waals surface area contributed by atoms with E-state index in [0.29, 0.717) is 5.39 Å². The van der Waals surface area contributed by atoms with Crippen LogP contribution in [0.3, 0.4) is 0 Å². The predicted molar refractivity (Wildman–Crippen MR) is 89.7 cm³/mol. The number of nitrogens with one attached hydrogen (secondary N) is 1. The molecule has 1 heterocycles. The lowest BCUT2D eigenvalue weighted by Gasteiger charge is -2.18. The molecular weight excluding hydrogens is 348 g/mol. The Kier molecular flexibility index (Phi) is 5.39. The van der Waals surface area contributed by atoms with Gasteiger partial charge >= 0.3 is 11.9 Å². The lowest BCUT2D eigenvalue weighted by molar-refractivity contribution is -0.140. The Morgan fingerprint density at radius 2 is 1.88 bits per heavy atom. The fourth-order valence-corrected chi connectivity index (χ4v) is 3.93. The number of fused-ring (bicyclic) bond motifs is 1. The summed E-state index contributed by atoms with van der Waals surface area (Å²) in [6, 6.07) is 4.51. The average molecular weight is 366 g/mol. The van der Waals surface area contributed by atoms with Crippen LogP contribution in [0.1, 0.15) is 24.3 Å². The highest BCUT2D eigenvalue weighted by atomic mass is 32.2. The maximum Gasteiger partial charge on any atom is 0.357 e. The third kappa shape index (κ3) is 3.77. The normalized spacial score (nSPS) is 13.0. The molecule has 25 heavy (non-hydrogen) atoms. The molecule has 1 atom stereocenters. The Hall–Kier alpha value is -2.52. The van der Waals surface area contributed by atoms with Crippen molar-refractivity contribution < 1.29 is 27.9 Å². The monoisotopic (exact) mass is 366 g/mol. The van der Waals surface area contributed by atoms with E-state index in [1.54, 1.807) is 19.9 Å². The van der Waals surface area contributed by atoms with Crippen molar-refractivity contribution in [2.24, 2.45) is 5.92 Å². The van der Waals surface area contributed by atoms with Crippen molar-refractivity contribution >= 4 is 32.7 Å². The first-order valence-electron chi connectivity index (χ1n) is 7.40. The number of ether oxygens (including phenoxy) is 1. The van der Waals surface area contributed by atoms with E-state index in [-0.39, 0.29) is 16.0 Å². The summed E-state index contributed by atoms with van der Waals surface area (Å²) in [6.07, 6.45) is 1.30. The molecule has 0 amide bonds. The predicted octanol–water partition coefficient (Wildman–Crippen LogP) is 1.41. The number of methoxy groups -OCH3 is 1. The largest absolute Gasteiger partial charge is 0.480 e. The van der Waals surface area contributed by atoms with E-state index < -0.39 is 33.9 Å². The van der Waals surface area contributed by atoms with Crippen LogP contribution in [0.4, 0.5) is 0 Å². The number of pyridine rings is 1. The molecule has 8 nitrogen and oxygen atoms in total. The van der Waals surface area contributed by atoms with Crippen molar-refractivity contribution in [2.75, 3.05) is 7.11 Å². The molecule has 0 saturated heterocycles. The third-order valence-corrected chi connectivity index (χ3v) is 5.15. The molecule has 134 valence electrons. The minimum Gasteiger partial charge on any atom is -0.480 e. The summed E-state index contributed by atoms with van der Waals surface area (Å²) in [5, 5.41) is 9.77. The molecule has 1 aromatic heterocycles. The van der Waals surface area contributed by atoms with Gasteiger partial charge in [0.05, 0.1) is 12.0 Å². The number of hydrogen-bond donors (Lipinski definition) is 2. The molecule has 2 aromatic rings. The summed E-state index contributed by atoms with van der Waals surface area (Å²) in [5.74, 6) is -2.41. The molecule has 9 heteroatoms. The number of carbonyl (C=O) groups is 2. The summed E-state index contributed by atoms with van der Waals surface area (Å²) in [4.78, 5) is 26.9. The second-order valence-electron chi connectivity index (χ2n) is 5.68. The van der Waals surface area contributed by atoms with Crippen molar-refractivity contribution in [1.29, 1.82) is 0 Å². The van der Waals surface area contributed by atoms with E-state index in [2.05, 4.69) is 14.4 Å². The van der Waals surface area contributed by atoms with Gasteiger partial charge in [0.2, 0.25) is 10.0 Å². The van der Waals surface area contributed by atoms with Crippen LogP contribution in [0.5, 0.6) is 0 Å². The molecule has 0 unspecified atom stereocenters. The van der Waals surface area contributed by atoms with Gasteiger partial charge in [-0.05, 0) is 18.1 Å². The van der Waals surface area contributed by atoms with Crippen LogP contribution < -0.4 is 4.72 Å². The second kappa shape index (κ2) is 7.16. The highest BCUT2D eigenvalue weighted by molar-refractivity contribution is 7.89. The Morgan fingerprint density at radius 3 is 2.44 bits per heavy atom. The van der Waals surface area contributed by atoms with E-state index in [9.17, 15) is 23.1 Å². The van der Waals surface area contributed by atoms with E-state index in [1.807, 2.05) is 0 Å². The molecule has 0 spiro atoms.